The first-order chi connectivity index (χ1) is 7.14. The summed E-state index contributed by atoms with van der Waals surface area (Å²) in [4.78, 5) is 2.86. The summed E-state index contributed by atoms with van der Waals surface area (Å²) in [6.45, 7) is 2.92. The molecule has 0 radical (unpaired) electrons. The van der Waals surface area contributed by atoms with Gasteiger partial charge in [-0.3, -0.25) is 0 Å². The monoisotopic (exact) mass is 232 g/mol. The molecule has 0 saturated carbocycles. The molecule has 0 aliphatic carbocycles. The molecule has 0 aliphatic heterocycles. The maximum atomic E-state index is 11.4. The van der Waals surface area contributed by atoms with Crippen molar-refractivity contribution in [2.75, 3.05) is 19.0 Å². The Balaban J connectivity index is 2.30. The Labute approximate surface area is 89.9 Å². The molecule has 1 aromatic rings. The molecular weight excluding hydrogens is 216 g/mol. The third-order valence-corrected chi connectivity index (χ3v) is 3.15. The predicted octanol–water partition coefficient (Wildman–Crippen LogP) is 0.471. The SMILES string of the molecule is CCOCCS(=O)(=O)NCc1cc[nH]c1. The number of hydrogen-bond donors (Lipinski definition) is 2. The molecule has 0 atom stereocenters. The smallest absolute Gasteiger partial charge is 0.214 e. The molecule has 1 aromatic heterocycles. The predicted molar refractivity (Wildman–Crippen MR) is 57.9 cm³/mol. The fourth-order valence-electron chi connectivity index (χ4n) is 1.05. The molecule has 0 saturated heterocycles. The van der Waals surface area contributed by atoms with E-state index in [2.05, 4.69) is 9.71 Å². The van der Waals surface area contributed by atoms with Crippen molar-refractivity contribution in [1.29, 1.82) is 0 Å². The average Bonchev–Trinajstić information content (AvgIpc) is 2.68. The summed E-state index contributed by atoms with van der Waals surface area (Å²) in [6, 6.07) is 1.82. The number of nitrogens with one attached hydrogen (secondary N) is 2. The van der Waals surface area contributed by atoms with Crippen molar-refractivity contribution in [1.82, 2.24) is 9.71 Å². The van der Waals surface area contributed by atoms with Gasteiger partial charge in [0.05, 0.1) is 12.4 Å². The van der Waals surface area contributed by atoms with Crippen LogP contribution in [0.15, 0.2) is 18.5 Å². The van der Waals surface area contributed by atoms with Gasteiger partial charge in [0.15, 0.2) is 0 Å². The van der Waals surface area contributed by atoms with Gasteiger partial charge in [-0.25, -0.2) is 13.1 Å². The quantitative estimate of drug-likeness (QED) is 0.671. The van der Waals surface area contributed by atoms with Gasteiger partial charge in [0, 0.05) is 25.5 Å². The van der Waals surface area contributed by atoms with Crippen LogP contribution in [0.4, 0.5) is 0 Å². The van der Waals surface area contributed by atoms with Crippen molar-refractivity contribution < 1.29 is 13.2 Å². The Morgan fingerprint density at radius 1 is 1.53 bits per heavy atom. The zero-order chi connectivity index (χ0) is 11.1. The highest BCUT2D eigenvalue weighted by molar-refractivity contribution is 7.89. The van der Waals surface area contributed by atoms with E-state index in [1.54, 1.807) is 12.4 Å². The number of rotatable bonds is 7. The van der Waals surface area contributed by atoms with E-state index in [1.807, 2.05) is 13.0 Å². The molecule has 1 rings (SSSR count). The topological polar surface area (TPSA) is 71.2 Å². The van der Waals surface area contributed by atoms with Gasteiger partial charge >= 0.3 is 0 Å². The zero-order valence-electron chi connectivity index (χ0n) is 8.69. The van der Waals surface area contributed by atoms with E-state index >= 15 is 0 Å². The lowest BCUT2D eigenvalue weighted by Gasteiger charge is -2.05. The van der Waals surface area contributed by atoms with Gasteiger partial charge in [-0.15, -0.1) is 0 Å². The Morgan fingerprint density at radius 2 is 2.33 bits per heavy atom. The maximum Gasteiger partial charge on any atom is 0.214 e. The van der Waals surface area contributed by atoms with Gasteiger partial charge in [0.2, 0.25) is 10.0 Å². The van der Waals surface area contributed by atoms with Crippen LogP contribution in [-0.4, -0.2) is 32.4 Å². The van der Waals surface area contributed by atoms with Gasteiger partial charge in [0.25, 0.3) is 0 Å². The van der Waals surface area contributed by atoms with Gasteiger partial charge in [-0.1, -0.05) is 0 Å². The first-order valence-corrected chi connectivity index (χ1v) is 6.46. The van der Waals surface area contributed by atoms with Gasteiger partial charge in [-0.2, -0.15) is 0 Å². The molecule has 0 unspecified atom stereocenters. The van der Waals surface area contributed by atoms with Crippen LogP contribution in [-0.2, 0) is 21.3 Å². The third kappa shape index (κ3) is 4.96. The zero-order valence-corrected chi connectivity index (χ0v) is 9.51. The second kappa shape index (κ2) is 5.89. The van der Waals surface area contributed by atoms with Crippen LogP contribution < -0.4 is 4.72 Å². The molecule has 0 spiro atoms. The number of aromatic amines is 1. The van der Waals surface area contributed by atoms with E-state index in [0.29, 0.717) is 13.2 Å². The Morgan fingerprint density at radius 3 is 2.93 bits per heavy atom. The van der Waals surface area contributed by atoms with E-state index in [1.165, 1.54) is 0 Å². The second-order valence-corrected chi connectivity index (χ2v) is 4.98. The number of H-pyrrole nitrogens is 1. The fourth-order valence-corrected chi connectivity index (χ4v) is 1.91. The van der Waals surface area contributed by atoms with E-state index in [4.69, 9.17) is 4.74 Å². The summed E-state index contributed by atoms with van der Waals surface area (Å²) in [7, 11) is -3.22. The summed E-state index contributed by atoms with van der Waals surface area (Å²) in [5, 5.41) is 0. The minimum Gasteiger partial charge on any atom is -0.381 e. The lowest BCUT2D eigenvalue weighted by Crippen LogP contribution is -2.27. The maximum absolute atomic E-state index is 11.4. The molecular formula is C9H16N2O3S. The second-order valence-electron chi connectivity index (χ2n) is 3.06. The fraction of sp³-hybridized carbons (Fsp3) is 0.556. The third-order valence-electron chi connectivity index (χ3n) is 1.86. The van der Waals surface area contributed by atoms with Crippen molar-refractivity contribution in [2.24, 2.45) is 0 Å². The molecule has 0 aliphatic rings. The molecule has 0 fully saturated rings. The van der Waals surface area contributed by atoms with E-state index in [9.17, 15) is 8.42 Å². The molecule has 5 nitrogen and oxygen atoms in total. The molecule has 0 aromatic carbocycles. The van der Waals surface area contributed by atoms with Crippen LogP contribution in [0.3, 0.4) is 0 Å². The van der Waals surface area contributed by atoms with Gasteiger partial charge < -0.3 is 9.72 Å². The summed E-state index contributed by atoms with van der Waals surface area (Å²) in [5.41, 5.74) is 0.912. The normalized spacial score (nSPS) is 11.8. The van der Waals surface area contributed by atoms with Crippen molar-refractivity contribution in [2.45, 2.75) is 13.5 Å². The summed E-state index contributed by atoms with van der Waals surface area (Å²) in [5.74, 6) is 0.00522. The Kier molecular flexibility index (Phi) is 4.80. The first kappa shape index (κ1) is 12.2. The minimum absolute atomic E-state index is 0.00522. The number of hydrogen-bond acceptors (Lipinski definition) is 3. The number of aromatic nitrogens is 1. The molecule has 1 heterocycles. The lowest BCUT2D eigenvalue weighted by atomic mass is 10.4. The Bertz CT molecular complexity index is 359. The highest BCUT2D eigenvalue weighted by atomic mass is 32.2. The van der Waals surface area contributed by atoms with E-state index in [-0.39, 0.29) is 12.4 Å². The van der Waals surface area contributed by atoms with Crippen LogP contribution in [0.5, 0.6) is 0 Å². The molecule has 86 valence electrons. The standard InChI is InChI=1S/C9H16N2O3S/c1-2-14-5-6-15(12,13)11-8-9-3-4-10-7-9/h3-4,7,10-11H,2,5-6,8H2,1H3. The van der Waals surface area contributed by atoms with Crippen molar-refractivity contribution >= 4 is 10.0 Å². The lowest BCUT2D eigenvalue weighted by molar-refractivity contribution is 0.163. The van der Waals surface area contributed by atoms with E-state index in [0.717, 1.165) is 5.56 Å². The van der Waals surface area contributed by atoms with Gasteiger partial charge in [0.1, 0.15) is 0 Å². The first-order valence-electron chi connectivity index (χ1n) is 4.81. The number of sulfonamides is 1. The minimum atomic E-state index is -3.22. The van der Waals surface area contributed by atoms with Crippen molar-refractivity contribution in [3.63, 3.8) is 0 Å². The van der Waals surface area contributed by atoms with Crippen molar-refractivity contribution in [3.8, 4) is 0 Å². The van der Waals surface area contributed by atoms with Crippen LogP contribution >= 0.6 is 0 Å². The summed E-state index contributed by atoms with van der Waals surface area (Å²) >= 11 is 0. The summed E-state index contributed by atoms with van der Waals surface area (Å²) in [6.07, 6.45) is 3.51. The molecule has 0 amide bonds. The average molecular weight is 232 g/mol. The largest absolute Gasteiger partial charge is 0.381 e. The molecule has 6 heteroatoms. The molecule has 0 bridgehead atoms. The van der Waals surface area contributed by atoms with Crippen LogP contribution in [0.25, 0.3) is 0 Å². The summed E-state index contributed by atoms with van der Waals surface area (Å²) < 4.78 is 30.3. The van der Waals surface area contributed by atoms with Crippen LogP contribution in [0.2, 0.25) is 0 Å². The van der Waals surface area contributed by atoms with Crippen LogP contribution in [0.1, 0.15) is 12.5 Å². The molecule has 2 N–H and O–H groups in total. The van der Waals surface area contributed by atoms with E-state index < -0.39 is 10.0 Å². The number of ether oxygens (including phenoxy) is 1. The highest BCUT2D eigenvalue weighted by Crippen LogP contribution is 1.97. The van der Waals surface area contributed by atoms with Crippen LogP contribution in [0, 0.1) is 0 Å². The Hall–Kier alpha value is -0.850. The molecule has 15 heavy (non-hydrogen) atoms. The van der Waals surface area contributed by atoms with Gasteiger partial charge in [-0.05, 0) is 18.6 Å². The van der Waals surface area contributed by atoms with Crippen molar-refractivity contribution in [3.05, 3.63) is 24.0 Å². The highest BCUT2D eigenvalue weighted by Gasteiger charge is 2.09.